The van der Waals surface area contributed by atoms with Gasteiger partial charge in [0.1, 0.15) is 0 Å². The van der Waals surface area contributed by atoms with E-state index in [1.54, 1.807) is 0 Å². The molecule has 0 saturated carbocycles. The number of ether oxygens (including phenoxy) is 1. The molecule has 2 atom stereocenters. The summed E-state index contributed by atoms with van der Waals surface area (Å²) >= 11 is 0. The van der Waals surface area contributed by atoms with Gasteiger partial charge in [0, 0.05) is 19.1 Å². The quantitative estimate of drug-likeness (QED) is 0.848. The highest BCUT2D eigenvalue weighted by Gasteiger charge is 2.33. The largest absolute Gasteiger partial charge is 0.453 e. The molecule has 0 radical (unpaired) electrons. The molecule has 1 saturated heterocycles. The molecular weight excluding hydrogens is 273 g/mol. The van der Waals surface area contributed by atoms with Gasteiger partial charge in [0.25, 0.3) is 0 Å². The van der Waals surface area contributed by atoms with Crippen molar-refractivity contribution in [1.82, 2.24) is 10.2 Å². The highest BCUT2D eigenvalue weighted by Crippen LogP contribution is 2.23. The van der Waals surface area contributed by atoms with Crippen molar-refractivity contribution in [2.75, 3.05) is 26.7 Å². The molecule has 1 N–H and O–H groups in total. The summed E-state index contributed by atoms with van der Waals surface area (Å²) in [5.74, 6) is 0.230. The molecule has 0 aromatic carbocycles. The second-order valence-electron chi connectivity index (χ2n) is 5.31. The molecule has 1 aliphatic rings. The summed E-state index contributed by atoms with van der Waals surface area (Å²) in [5, 5.41) is 2.50. The third-order valence-corrected chi connectivity index (χ3v) is 3.53. The number of carbonyl (C=O) groups excluding carboxylic acids is 1. The van der Waals surface area contributed by atoms with Crippen LogP contribution in [0.15, 0.2) is 0 Å². The molecule has 0 spiro atoms. The van der Waals surface area contributed by atoms with Crippen molar-refractivity contribution in [1.29, 1.82) is 0 Å². The number of carbonyl (C=O) groups is 1. The van der Waals surface area contributed by atoms with E-state index in [0.29, 0.717) is 13.0 Å². The molecule has 1 amide bonds. The number of amides is 1. The maximum absolute atomic E-state index is 12.3. The predicted octanol–water partition coefficient (Wildman–Crippen LogP) is 2.79. The minimum Gasteiger partial charge on any atom is -0.453 e. The standard InChI is InChI=1S/C13H23F3N2O2/c1-3-4-5-10-6-11(17-9-13(14,15)16)8-18(7-10)12(19)20-2/h10-11,17H,3-9H2,1-2H3. The van der Waals surface area contributed by atoms with Crippen LogP contribution in [0.3, 0.4) is 0 Å². The molecule has 0 aromatic heterocycles. The van der Waals surface area contributed by atoms with Crippen LogP contribution in [0.5, 0.6) is 0 Å². The number of rotatable bonds is 5. The van der Waals surface area contributed by atoms with E-state index >= 15 is 0 Å². The second kappa shape index (κ2) is 7.71. The minimum atomic E-state index is -4.23. The van der Waals surface area contributed by atoms with Crippen LogP contribution < -0.4 is 5.32 Å². The molecule has 1 rings (SSSR count). The number of likely N-dealkylation sites (tertiary alicyclic amines) is 1. The van der Waals surface area contributed by atoms with Gasteiger partial charge in [-0.25, -0.2) is 4.79 Å². The average molecular weight is 296 g/mol. The predicted molar refractivity (Wildman–Crippen MR) is 69.5 cm³/mol. The number of alkyl halides is 3. The molecule has 20 heavy (non-hydrogen) atoms. The second-order valence-corrected chi connectivity index (χ2v) is 5.31. The van der Waals surface area contributed by atoms with E-state index in [1.807, 2.05) is 0 Å². The first-order chi connectivity index (χ1) is 9.35. The summed E-state index contributed by atoms with van der Waals surface area (Å²) < 4.78 is 41.5. The van der Waals surface area contributed by atoms with Gasteiger partial charge in [-0.05, 0) is 18.8 Å². The molecule has 7 heteroatoms. The smallest absolute Gasteiger partial charge is 0.409 e. The van der Waals surface area contributed by atoms with E-state index in [4.69, 9.17) is 0 Å². The van der Waals surface area contributed by atoms with Gasteiger partial charge in [0.15, 0.2) is 0 Å². The maximum atomic E-state index is 12.3. The highest BCUT2D eigenvalue weighted by atomic mass is 19.4. The van der Waals surface area contributed by atoms with Gasteiger partial charge in [-0.1, -0.05) is 19.8 Å². The first kappa shape index (κ1) is 17.1. The normalized spacial score (nSPS) is 23.8. The number of hydrogen-bond donors (Lipinski definition) is 1. The number of hydrogen-bond acceptors (Lipinski definition) is 3. The molecule has 0 aliphatic carbocycles. The summed E-state index contributed by atoms with van der Waals surface area (Å²) in [6, 6.07) is -0.327. The van der Waals surface area contributed by atoms with Crippen LogP contribution in [0.25, 0.3) is 0 Å². The number of methoxy groups -OCH3 is 1. The van der Waals surface area contributed by atoms with Crippen molar-refractivity contribution in [3.05, 3.63) is 0 Å². The van der Waals surface area contributed by atoms with Gasteiger partial charge >= 0.3 is 12.3 Å². The molecule has 0 bridgehead atoms. The molecule has 0 aromatic rings. The van der Waals surface area contributed by atoms with Crippen molar-refractivity contribution in [3.8, 4) is 0 Å². The SMILES string of the molecule is CCCCC1CC(NCC(F)(F)F)CN(C(=O)OC)C1. The van der Waals surface area contributed by atoms with E-state index in [-0.39, 0.29) is 18.5 Å². The molecule has 2 unspecified atom stereocenters. The molecular formula is C13H23F3N2O2. The Labute approximate surface area is 117 Å². The zero-order valence-corrected chi connectivity index (χ0v) is 12.0. The van der Waals surface area contributed by atoms with E-state index < -0.39 is 18.8 Å². The van der Waals surface area contributed by atoms with Crippen molar-refractivity contribution in [2.45, 2.75) is 44.8 Å². The monoisotopic (exact) mass is 296 g/mol. The Morgan fingerprint density at radius 2 is 2.10 bits per heavy atom. The molecule has 1 heterocycles. The van der Waals surface area contributed by atoms with Gasteiger partial charge in [-0.3, -0.25) is 0 Å². The zero-order valence-electron chi connectivity index (χ0n) is 12.0. The fraction of sp³-hybridized carbons (Fsp3) is 0.923. The number of nitrogens with zero attached hydrogens (tertiary/aromatic N) is 1. The van der Waals surface area contributed by atoms with Gasteiger partial charge < -0.3 is 15.0 Å². The lowest BCUT2D eigenvalue weighted by Crippen LogP contribution is -2.52. The third-order valence-electron chi connectivity index (χ3n) is 3.53. The number of piperidine rings is 1. The lowest BCUT2D eigenvalue weighted by molar-refractivity contribution is -0.127. The summed E-state index contributed by atoms with van der Waals surface area (Å²) in [6.45, 7) is 1.88. The number of unbranched alkanes of at least 4 members (excludes halogenated alkanes) is 1. The Balaban J connectivity index is 2.57. The van der Waals surface area contributed by atoms with Crippen molar-refractivity contribution < 1.29 is 22.7 Å². The van der Waals surface area contributed by atoms with Gasteiger partial charge in [-0.2, -0.15) is 13.2 Å². The fourth-order valence-electron chi connectivity index (χ4n) is 2.59. The molecule has 4 nitrogen and oxygen atoms in total. The van der Waals surface area contributed by atoms with Gasteiger partial charge in [0.2, 0.25) is 0 Å². The zero-order chi connectivity index (χ0) is 15.2. The van der Waals surface area contributed by atoms with Crippen LogP contribution in [0.1, 0.15) is 32.6 Å². The van der Waals surface area contributed by atoms with Crippen LogP contribution in [0, 0.1) is 5.92 Å². The maximum Gasteiger partial charge on any atom is 0.409 e. The van der Waals surface area contributed by atoms with Crippen molar-refractivity contribution >= 4 is 6.09 Å². The lowest BCUT2D eigenvalue weighted by atomic mass is 9.90. The van der Waals surface area contributed by atoms with Crippen LogP contribution in [-0.2, 0) is 4.74 Å². The number of halogens is 3. The first-order valence-electron chi connectivity index (χ1n) is 6.98. The summed E-state index contributed by atoms with van der Waals surface area (Å²) in [5.41, 5.74) is 0. The third kappa shape index (κ3) is 5.98. The highest BCUT2D eigenvalue weighted by molar-refractivity contribution is 5.67. The Bertz CT molecular complexity index is 310. The molecule has 1 aliphatic heterocycles. The molecule has 118 valence electrons. The summed E-state index contributed by atoms with van der Waals surface area (Å²) in [4.78, 5) is 13.1. The van der Waals surface area contributed by atoms with Crippen LogP contribution in [0.4, 0.5) is 18.0 Å². The van der Waals surface area contributed by atoms with Crippen molar-refractivity contribution in [3.63, 3.8) is 0 Å². The first-order valence-corrected chi connectivity index (χ1v) is 6.98. The Hall–Kier alpha value is -0.980. The Morgan fingerprint density at radius 3 is 2.65 bits per heavy atom. The van der Waals surface area contributed by atoms with Crippen LogP contribution in [0.2, 0.25) is 0 Å². The minimum absolute atomic E-state index is 0.230. The Kier molecular flexibility index (Phi) is 6.58. The summed E-state index contributed by atoms with van der Waals surface area (Å²) in [7, 11) is 1.29. The van der Waals surface area contributed by atoms with Crippen LogP contribution in [-0.4, -0.2) is 50.0 Å². The lowest BCUT2D eigenvalue weighted by Gasteiger charge is -2.37. The number of nitrogens with one attached hydrogen (secondary N) is 1. The van der Waals surface area contributed by atoms with E-state index in [2.05, 4.69) is 17.0 Å². The topological polar surface area (TPSA) is 41.6 Å². The Morgan fingerprint density at radius 1 is 1.40 bits per heavy atom. The summed E-state index contributed by atoms with van der Waals surface area (Å²) in [6.07, 6.45) is -1.05. The van der Waals surface area contributed by atoms with E-state index in [1.165, 1.54) is 12.0 Å². The fourth-order valence-corrected chi connectivity index (χ4v) is 2.59. The molecule has 1 fully saturated rings. The van der Waals surface area contributed by atoms with E-state index in [9.17, 15) is 18.0 Å². The average Bonchev–Trinajstić information content (AvgIpc) is 2.41. The van der Waals surface area contributed by atoms with Crippen molar-refractivity contribution in [2.24, 2.45) is 5.92 Å². The van der Waals surface area contributed by atoms with Gasteiger partial charge in [-0.15, -0.1) is 0 Å². The van der Waals surface area contributed by atoms with E-state index in [0.717, 1.165) is 19.3 Å². The van der Waals surface area contributed by atoms with Gasteiger partial charge in [0.05, 0.1) is 13.7 Å². The van der Waals surface area contributed by atoms with Crippen LogP contribution >= 0.6 is 0 Å².